The molecule has 2 fully saturated rings. The molecule has 1 N–H and O–H groups in total. The van der Waals surface area contributed by atoms with Crippen molar-refractivity contribution in [3.05, 3.63) is 29.3 Å². The van der Waals surface area contributed by atoms with Gasteiger partial charge in [-0.3, -0.25) is 0 Å². The molecule has 2 aliphatic rings. The Bertz CT molecular complexity index is 634. The molecule has 2 aliphatic heterocycles. The minimum Gasteiger partial charge on any atom is -0.316 e. The van der Waals surface area contributed by atoms with Crippen LogP contribution in [0.1, 0.15) is 13.3 Å². The second kappa shape index (κ2) is 6.69. The molecule has 0 saturated carbocycles. The monoisotopic (exact) mass is 357 g/mol. The molecule has 2 saturated heterocycles. The summed E-state index contributed by atoms with van der Waals surface area (Å²) in [6, 6.07) is 6.40. The smallest absolute Gasteiger partial charge is 0.243 e. The molecule has 3 rings (SSSR count). The van der Waals surface area contributed by atoms with Crippen LogP contribution in [0.5, 0.6) is 0 Å². The van der Waals surface area contributed by atoms with Crippen LogP contribution in [0.4, 0.5) is 0 Å². The summed E-state index contributed by atoms with van der Waals surface area (Å²) in [5, 5.41) is 3.97. The van der Waals surface area contributed by atoms with E-state index in [-0.39, 0.29) is 0 Å². The van der Waals surface area contributed by atoms with Gasteiger partial charge in [0.05, 0.1) is 4.90 Å². The Hall–Kier alpha value is -0.660. The van der Waals surface area contributed by atoms with E-state index in [0.717, 1.165) is 32.7 Å². The fourth-order valence-corrected chi connectivity index (χ4v) is 4.98. The number of rotatable bonds is 4. The highest BCUT2D eigenvalue weighted by molar-refractivity contribution is 7.89. The number of halogens is 1. The fourth-order valence-electron chi connectivity index (χ4n) is 3.43. The first kappa shape index (κ1) is 17.2. The van der Waals surface area contributed by atoms with Crippen molar-refractivity contribution >= 4 is 21.6 Å². The zero-order chi connectivity index (χ0) is 16.5. The third kappa shape index (κ3) is 3.88. The van der Waals surface area contributed by atoms with Gasteiger partial charge in [0.25, 0.3) is 0 Å². The molecule has 0 aromatic heterocycles. The second-order valence-corrected chi connectivity index (χ2v) is 9.25. The SMILES string of the molecule is CC1(CN2CCN(S(=O)(=O)c3ccc(Cl)cc3)CC2)CCNC1. The maximum absolute atomic E-state index is 12.7. The topological polar surface area (TPSA) is 52.7 Å². The van der Waals surface area contributed by atoms with Crippen molar-refractivity contribution in [3.63, 3.8) is 0 Å². The lowest BCUT2D eigenvalue weighted by molar-refractivity contribution is 0.132. The first-order valence-electron chi connectivity index (χ1n) is 8.08. The van der Waals surface area contributed by atoms with Gasteiger partial charge in [-0.05, 0) is 42.6 Å². The van der Waals surface area contributed by atoms with Crippen molar-refractivity contribution in [2.45, 2.75) is 18.2 Å². The van der Waals surface area contributed by atoms with Gasteiger partial charge in [-0.2, -0.15) is 4.31 Å². The van der Waals surface area contributed by atoms with Crippen LogP contribution in [-0.2, 0) is 10.0 Å². The predicted octanol–water partition coefficient (Wildman–Crippen LogP) is 1.65. The van der Waals surface area contributed by atoms with Gasteiger partial charge in [0, 0.05) is 44.3 Å². The van der Waals surface area contributed by atoms with Crippen LogP contribution in [-0.4, -0.2) is 63.4 Å². The molecule has 128 valence electrons. The molecule has 0 radical (unpaired) electrons. The van der Waals surface area contributed by atoms with Crippen LogP contribution in [0.3, 0.4) is 0 Å². The van der Waals surface area contributed by atoms with Crippen LogP contribution in [0.25, 0.3) is 0 Å². The highest BCUT2D eigenvalue weighted by Gasteiger charge is 2.34. The Morgan fingerprint density at radius 1 is 1.17 bits per heavy atom. The summed E-state index contributed by atoms with van der Waals surface area (Å²) in [7, 11) is -3.41. The quantitative estimate of drug-likeness (QED) is 0.890. The molecule has 0 aliphatic carbocycles. The summed E-state index contributed by atoms with van der Waals surface area (Å²) in [5.41, 5.74) is 0.317. The number of piperazine rings is 1. The van der Waals surface area contributed by atoms with Crippen LogP contribution in [0, 0.1) is 5.41 Å². The molecule has 0 bridgehead atoms. The van der Waals surface area contributed by atoms with Crippen LogP contribution in [0.2, 0.25) is 5.02 Å². The van der Waals surface area contributed by atoms with Crippen LogP contribution >= 0.6 is 11.6 Å². The van der Waals surface area contributed by atoms with E-state index >= 15 is 0 Å². The summed E-state index contributed by atoms with van der Waals surface area (Å²) < 4.78 is 26.9. The molecule has 0 spiro atoms. The Balaban J connectivity index is 1.61. The molecule has 1 aromatic carbocycles. The van der Waals surface area contributed by atoms with Crippen molar-refractivity contribution in [2.24, 2.45) is 5.41 Å². The average Bonchev–Trinajstić information content (AvgIpc) is 2.94. The van der Waals surface area contributed by atoms with Gasteiger partial charge in [0.2, 0.25) is 10.0 Å². The number of hydrogen-bond donors (Lipinski definition) is 1. The summed E-state index contributed by atoms with van der Waals surface area (Å²) in [6.07, 6.45) is 1.19. The first-order valence-corrected chi connectivity index (χ1v) is 9.90. The normalized spacial score (nSPS) is 27.4. The summed E-state index contributed by atoms with van der Waals surface area (Å²) in [4.78, 5) is 2.71. The molecule has 1 atom stereocenters. The number of nitrogens with zero attached hydrogens (tertiary/aromatic N) is 2. The van der Waals surface area contributed by atoms with Gasteiger partial charge in [0.15, 0.2) is 0 Å². The van der Waals surface area contributed by atoms with Gasteiger partial charge in [0.1, 0.15) is 0 Å². The van der Waals surface area contributed by atoms with Gasteiger partial charge < -0.3 is 10.2 Å². The molecule has 1 aromatic rings. The average molecular weight is 358 g/mol. The Labute approximate surface area is 143 Å². The molecule has 2 heterocycles. The van der Waals surface area contributed by atoms with Crippen molar-refractivity contribution < 1.29 is 8.42 Å². The fraction of sp³-hybridized carbons (Fsp3) is 0.625. The van der Waals surface area contributed by atoms with E-state index in [1.54, 1.807) is 28.6 Å². The summed E-state index contributed by atoms with van der Waals surface area (Å²) in [6.45, 7) is 8.17. The molecular weight excluding hydrogens is 334 g/mol. The number of sulfonamides is 1. The van der Waals surface area contributed by atoms with E-state index in [1.165, 1.54) is 6.42 Å². The lowest BCUT2D eigenvalue weighted by Crippen LogP contribution is -2.51. The maximum Gasteiger partial charge on any atom is 0.243 e. The van der Waals surface area contributed by atoms with Crippen molar-refractivity contribution in [2.75, 3.05) is 45.8 Å². The highest BCUT2D eigenvalue weighted by Crippen LogP contribution is 2.27. The van der Waals surface area contributed by atoms with E-state index < -0.39 is 10.0 Å². The Morgan fingerprint density at radius 3 is 2.39 bits per heavy atom. The predicted molar refractivity (Wildman–Crippen MR) is 92.2 cm³/mol. The van der Waals surface area contributed by atoms with Gasteiger partial charge >= 0.3 is 0 Å². The Kier molecular flexibility index (Phi) is 4.99. The van der Waals surface area contributed by atoms with E-state index in [1.807, 2.05) is 0 Å². The molecule has 0 amide bonds. The van der Waals surface area contributed by atoms with Gasteiger partial charge in [-0.25, -0.2) is 8.42 Å². The van der Waals surface area contributed by atoms with Gasteiger partial charge in [-0.15, -0.1) is 0 Å². The zero-order valence-corrected chi connectivity index (χ0v) is 15.0. The molecule has 1 unspecified atom stereocenters. The van der Waals surface area contributed by atoms with Crippen molar-refractivity contribution in [3.8, 4) is 0 Å². The standard InChI is InChI=1S/C16H24ClN3O2S/c1-16(6-7-18-12-16)13-19-8-10-20(11-9-19)23(21,22)15-4-2-14(17)3-5-15/h2-5,18H,6-13H2,1H3. The maximum atomic E-state index is 12.7. The minimum atomic E-state index is -3.41. The van der Waals surface area contributed by atoms with E-state index in [2.05, 4.69) is 17.1 Å². The van der Waals surface area contributed by atoms with E-state index in [9.17, 15) is 8.42 Å². The van der Waals surface area contributed by atoms with Crippen molar-refractivity contribution in [1.29, 1.82) is 0 Å². The number of nitrogens with one attached hydrogen (secondary N) is 1. The Morgan fingerprint density at radius 2 is 1.83 bits per heavy atom. The zero-order valence-electron chi connectivity index (χ0n) is 13.5. The third-order valence-corrected chi connectivity index (χ3v) is 7.01. The lowest BCUT2D eigenvalue weighted by atomic mass is 9.89. The van der Waals surface area contributed by atoms with Crippen LogP contribution in [0.15, 0.2) is 29.2 Å². The van der Waals surface area contributed by atoms with E-state index in [0.29, 0.717) is 28.4 Å². The highest BCUT2D eigenvalue weighted by atomic mass is 35.5. The summed E-state index contributed by atoms with van der Waals surface area (Å²) in [5.74, 6) is 0. The summed E-state index contributed by atoms with van der Waals surface area (Å²) >= 11 is 5.84. The second-order valence-electron chi connectivity index (χ2n) is 6.87. The van der Waals surface area contributed by atoms with Crippen LogP contribution < -0.4 is 5.32 Å². The van der Waals surface area contributed by atoms with E-state index in [4.69, 9.17) is 11.6 Å². The molecule has 7 heteroatoms. The number of benzene rings is 1. The third-order valence-electron chi connectivity index (χ3n) is 4.85. The first-order chi connectivity index (χ1) is 10.9. The largest absolute Gasteiger partial charge is 0.316 e. The molecular formula is C16H24ClN3O2S. The molecule has 5 nitrogen and oxygen atoms in total. The number of hydrogen-bond acceptors (Lipinski definition) is 4. The molecule has 23 heavy (non-hydrogen) atoms. The minimum absolute atomic E-state index is 0.317. The van der Waals surface area contributed by atoms with Crippen molar-refractivity contribution in [1.82, 2.24) is 14.5 Å². The lowest BCUT2D eigenvalue weighted by Gasteiger charge is -2.38. The van der Waals surface area contributed by atoms with Gasteiger partial charge in [-0.1, -0.05) is 18.5 Å².